The second kappa shape index (κ2) is 4.72. The highest BCUT2D eigenvalue weighted by molar-refractivity contribution is 9.10. The molecule has 0 aliphatic rings. The molecule has 0 radical (unpaired) electrons. The number of amides is 1. The quantitative estimate of drug-likeness (QED) is 0.916. The highest BCUT2D eigenvalue weighted by Gasteiger charge is 2.39. The lowest BCUT2D eigenvalue weighted by molar-refractivity contribution is -0.167. The van der Waals surface area contributed by atoms with Crippen molar-refractivity contribution in [3.8, 4) is 5.88 Å². The number of carbonyl (C=O) groups is 1. The maximum atomic E-state index is 12.1. The summed E-state index contributed by atoms with van der Waals surface area (Å²) in [5.74, 6) is -1.93. The van der Waals surface area contributed by atoms with E-state index in [9.17, 15) is 18.0 Å². The highest BCUT2D eigenvalue weighted by atomic mass is 79.9. The molecule has 1 amide bonds. The van der Waals surface area contributed by atoms with Crippen molar-refractivity contribution in [2.75, 3.05) is 12.4 Å². The van der Waals surface area contributed by atoms with Gasteiger partial charge in [0.25, 0.3) is 0 Å². The summed E-state index contributed by atoms with van der Waals surface area (Å²) in [6, 6.07) is 3.20. The van der Waals surface area contributed by atoms with Crippen molar-refractivity contribution in [3.05, 3.63) is 22.8 Å². The summed E-state index contributed by atoms with van der Waals surface area (Å²) in [6.45, 7) is 0. The SMILES string of the molecule is COc1c(Br)ccc2nc(NC(=O)C(F)(F)F)cn12. The lowest BCUT2D eigenvalue weighted by atomic mass is 10.4. The third kappa shape index (κ3) is 2.65. The topological polar surface area (TPSA) is 55.6 Å². The Balaban J connectivity index is 2.40. The Labute approximate surface area is 113 Å². The standard InChI is InChI=1S/C10H7BrF3N3O2/c1-19-8-5(11)2-3-7-15-6(4-17(7)8)16-9(18)10(12,13)14/h2-4H,1H3,(H,16,18). The van der Waals surface area contributed by atoms with E-state index in [4.69, 9.17) is 4.74 Å². The zero-order valence-corrected chi connectivity index (χ0v) is 11.0. The van der Waals surface area contributed by atoms with Gasteiger partial charge in [0.05, 0.1) is 17.8 Å². The first-order valence-corrected chi connectivity index (χ1v) is 5.72. The summed E-state index contributed by atoms with van der Waals surface area (Å²) in [7, 11) is 1.41. The first-order chi connectivity index (χ1) is 8.82. The van der Waals surface area contributed by atoms with E-state index >= 15 is 0 Å². The predicted octanol–water partition coefficient (Wildman–Crippen LogP) is 2.61. The first-order valence-electron chi connectivity index (χ1n) is 4.92. The van der Waals surface area contributed by atoms with E-state index in [1.165, 1.54) is 17.7 Å². The van der Waals surface area contributed by atoms with Crippen LogP contribution in [-0.4, -0.2) is 28.6 Å². The van der Waals surface area contributed by atoms with Crippen molar-refractivity contribution >= 4 is 33.3 Å². The Morgan fingerprint density at radius 1 is 1.47 bits per heavy atom. The van der Waals surface area contributed by atoms with E-state index in [-0.39, 0.29) is 5.82 Å². The van der Waals surface area contributed by atoms with Gasteiger partial charge in [-0.2, -0.15) is 13.2 Å². The maximum absolute atomic E-state index is 12.1. The largest absolute Gasteiger partial charge is 0.481 e. The monoisotopic (exact) mass is 337 g/mol. The molecule has 2 rings (SSSR count). The van der Waals surface area contributed by atoms with Gasteiger partial charge in [-0.25, -0.2) is 4.98 Å². The van der Waals surface area contributed by atoms with Crippen molar-refractivity contribution in [3.63, 3.8) is 0 Å². The molecule has 0 aromatic carbocycles. The van der Waals surface area contributed by atoms with Gasteiger partial charge in [-0.15, -0.1) is 0 Å². The summed E-state index contributed by atoms with van der Waals surface area (Å²) in [5, 5.41) is 1.68. The zero-order chi connectivity index (χ0) is 14.2. The molecule has 2 aromatic heterocycles. The number of pyridine rings is 1. The summed E-state index contributed by atoms with van der Waals surface area (Å²) in [4.78, 5) is 14.7. The van der Waals surface area contributed by atoms with Crippen LogP contribution in [0.25, 0.3) is 5.65 Å². The van der Waals surface area contributed by atoms with E-state index in [2.05, 4.69) is 20.9 Å². The van der Waals surface area contributed by atoms with Crippen LogP contribution in [0, 0.1) is 0 Å². The molecule has 2 aromatic rings. The maximum Gasteiger partial charge on any atom is 0.471 e. The number of nitrogens with one attached hydrogen (secondary N) is 1. The fourth-order valence-corrected chi connectivity index (χ4v) is 1.94. The number of fused-ring (bicyclic) bond motifs is 1. The second-order valence-corrected chi connectivity index (χ2v) is 4.35. The van der Waals surface area contributed by atoms with Crippen LogP contribution >= 0.6 is 15.9 Å². The Kier molecular flexibility index (Phi) is 3.40. The Morgan fingerprint density at radius 3 is 2.74 bits per heavy atom. The second-order valence-electron chi connectivity index (χ2n) is 3.50. The lowest BCUT2D eigenvalue weighted by Crippen LogP contribution is -2.30. The number of ether oxygens (including phenoxy) is 1. The van der Waals surface area contributed by atoms with Crippen molar-refractivity contribution in [2.24, 2.45) is 0 Å². The van der Waals surface area contributed by atoms with Crippen LogP contribution in [0.5, 0.6) is 5.88 Å². The Morgan fingerprint density at radius 2 is 2.16 bits per heavy atom. The minimum Gasteiger partial charge on any atom is -0.481 e. The minimum atomic E-state index is -4.96. The van der Waals surface area contributed by atoms with Crippen LogP contribution < -0.4 is 10.1 Å². The molecular formula is C10H7BrF3N3O2. The number of rotatable bonds is 2. The van der Waals surface area contributed by atoms with Gasteiger partial charge in [0.2, 0.25) is 5.88 Å². The molecule has 9 heteroatoms. The summed E-state index contributed by atoms with van der Waals surface area (Å²) < 4.78 is 43.5. The fraction of sp³-hybridized carbons (Fsp3) is 0.200. The normalized spacial score (nSPS) is 11.6. The molecule has 0 saturated carbocycles. The molecule has 0 bridgehead atoms. The molecule has 0 spiro atoms. The van der Waals surface area contributed by atoms with Crippen LogP contribution in [0.4, 0.5) is 19.0 Å². The van der Waals surface area contributed by atoms with Gasteiger partial charge in [0.1, 0.15) is 5.65 Å². The molecule has 0 aliphatic heterocycles. The molecular weight excluding hydrogens is 331 g/mol. The minimum absolute atomic E-state index is 0.210. The molecule has 102 valence electrons. The van der Waals surface area contributed by atoms with E-state index in [0.717, 1.165) is 0 Å². The number of hydrogen-bond donors (Lipinski definition) is 1. The number of halogens is 4. The number of imidazole rings is 1. The molecule has 0 aliphatic carbocycles. The van der Waals surface area contributed by atoms with Gasteiger partial charge in [0, 0.05) is 0 Å². The molecule has 2 heterocycles. The van der Waals surface area contributed by atoms with E-state index in [0.29, 0.717) is 16.0 Å². The molecule has 0 unspecified atom stereocenters. The Bertz CT molecular complexity index is 639. The van der Waals surface area contributed by atoms with Crippen molar-refractivity contribution in [1.29, 1.82) is 0 Å². The number of carbonyl (C=O) groups excluding carboxylic acids is 1. The van der Waals surface area contributed by atoms with E-state index in [1.54, 1.807) is 17.4 Å². The zero-order valence-electron chi connectivity index (χ0n) is 9.45. The molecule has 19 heavy (non-hydrogen) atoms. The van der Waals surface area contributed by atoms with Gasteiger partial charge >= 0.3 is 12.1 Å². The fourth-order valence-electron chi connectivity index (χ4n) is 1.45. The van der Waals surface area contributed by atoms with Crippen molar-refractivity contribution in [2.45, 2.75) is 6.18 Å². The van der Waals surface area contributed by atoms with Gasteiger partial charge in [-0.05, 0) is 28.1 Å². The number of nitrogens with zero attached hydrogens (tertiary/aromatic N) is 2. The third-order valence-corrected chi connectivity index (χ3v) is 2.83. The summed E-state index contributed by atoms with van der Waals surface area (Å²) >= 11 is 3.23. The van der Waals surface area contributed by atoms with Gasteiger partial charge in [0.15, 0.2) is 5.82 Å². The first kappa shape index (κ1) is 13.7. The average Bonchev–Trinajstić information content (AvgIpc) is 2.70. The average molecular weight is 338 g/mol. The van der Waals surface area contributed by atoms with Gasteiger partial charge < -0.3 is 10.1 Å². The van der Waals surface area contributed by atoms with Crippen molar-refractivity contribution in [1.82, 2.24) is 9.38 Å². The molecule has 1 N–H and O–H groups in total. The Hall–Kier alpha value is -1.77. The molecule has 0 fully saturated rings. The number of aromatic nitrogens is 2. The summed E-state index contributed by atoms with van der Waals surface area (Å²) in [6.07, 6.45) is -3.72. The summed E-state index contributed by atoms with van der Waals surface area (Å²) in [5.41, 5.74) is 0.345. The van der Waals surface area contributed by atoms with Crippen molar-refractivity contribution < 1.29 is 22.7 Å². The third-order valence-electron chi connectivity index (χ3n) is 2.23. The molecule has 5 nitrogen and oxygen atoms in total. The van der Waals surface area contributed by atoms with Crippen LogP contribution in [-0.2, 0) is 4.79 Å². The molecule has 0 atom stereocenters. The predicted molar refractivity (Wildman–Crippen MR) is 64.1 cm³/mol. The number of hydrogen-bond acceptors (Lipinski definition) is 3. The number of alkyl halides is 3. The number of methoxy groups -OCH3 is 1. The smallest absolute Gasteiger partial charge is 0.471 e. The van der Waals surface area contributed by atoms with Crippen LogP contribution in [0.2, 0.25) is 0 Å². The molecule has 0 saturated heterocycles. The number of anilines is 1. The van der Waals surface area contributed by atoms with Gasteiger partial charge in [-0.3, -0.25) is 9.20 Å². The van der Waals surface area contributed by atoms with Crippen LogP contribution in [0.15, 0.2) is 22.8 Å². The van der Waals surface area contributed by atoms with Crippen LogP contribution in [0.3, 0.4) is 0 Å². The van der Waals surface area contributed by atoms with Crippen LogP contribution in [0.1, 0.15) is 0 Å². The van der Waals surface area contributed by atoms with E-state index in [1.807, 2.05) is 0 Å². The lowest BCUT2D eigenvalue weighted by Gasteiger charge is -2.05. The van der Waals surface area contributed by atoms with Gasteiger partial charge in [-0.1, -0.05) is 0 Å². The highest BCUT2D eigenvalue weighted by Crippen LogP contribution is 2.27. The van der Waals surface area contributed by atoms with E-state index < -0.39 is 12.1 Å².